The number of nitrogens with one attached hydrogen (secondary N) is 2. The molecule has 0 aromatic heterocycles. The molecule has 1 aromatic rings. The van der Waals surface area contributed by atoms with Crippen LogP contribution in [0.15, 0.2) is 23.2 Å². The zero-order valence-corrected chi connectivity index (χ0v) is 6.89. The van der Waals surface area contributed by atoms with Crippen molar-refractivity contribution in [2.24, 2.45) is 4.99 Å². The van der Waals surface area contributed by atoms with E-state index in [1.807, 2.05) is 0 Å². The molecule has 74 valence electrons. The Balaban J connectivity index is 2.45. The van der Waals surface area contributed by atoms with E-state index >= 15 is 0 Å². The summed E-state index contributed by atoms with van der Waals surface area (Å²) in [7, 11) is 0. The molecule has 1 aliphatic heterocycles. The van der Waals surface area contributed by atoms with Gasteiger partial charge in [0.2, 0.25) is 0 Å². The Bertz CT molecular complexity index is 384. The highest BCUT2D eigenvalue weighted by atomic mass is 19.4. The summed E-state index contributed by atoms with van der Waals surface area (Å²) in [4.78, 5) is 3.85. The Kier molecular flexibility index (Phi) is 1.83. The van der Waals surface area contributed by atoms with Gasteiger partial charge in [0.15, 0.2) is 0 Å². The van der Waals surface area contributed by atoms with Gasteiger partial charge in [-0.1, -0.05) is 0 Å². The summed E-state index contributed by atoms with van der Waals surface area (Å²) in [5.74, 6) is 0. The highest BCUT2D eigenvalue weighted by molar-refractivity contribution is 5.77. The Morgan fingerprint density at radius 1 is 1.21 bits per heavy atom. The third kappa shape index (κ3) is 1.50. The van der Waals surface area contributed by atoms with Crippen LogP contribution in [-0.4, -0.2) is 6.34 Å². The molecule has 0 fully saturated rings. The molecule has 0 radical (unpaired) electrons. The topological polar surface area (TPSA) is 36.4 Å². The van der Waals surface area contributed by atoms with Crippen LogP contribution in [0, 0.1) is 0 Å². The summed E-state index contributed by atoms with van der Waals surface area (Å²) in [5.41, 5.74) is 5.20. The van der Waals surface area contributed by atoms with E-state index in [0.29, 0.717) is 11.4 Å². The van der Waals surface area contributed by atoms with Crippen molar-refractivity contribution < 1.29 is 13.2 Å². The summed E-state index contributed by atoms with van der Waals surface area (Å²) in [5, 5.41) is 0. The molecule has 2 N–H and O–H groups in total. The number of hydrogen-bond acceptors (Lipinski definition) is 3. The van der Waals surface area contributed by atoms with Crippen LogP contribution >= 0.6 is 0 Å². The van der Waals surface area contributed by atoms with Crippen molar-refractivity contribution in [1.82, 2.24) is 5.43 Å². The summed E-state index contributed by atoms with van der Waals surface area (Å²) in [6.07, 6.45) is -2.95. The predicted octanol–water partition coefficient (Wildman–Crippen LogP) is 2.30. The van der Waals surface area contributed by atoms with E-state index in [4.69, 9.17) is 0 Å². The van der Waals surface area contributed by atoms with Crippen LogP contribution in [0.3, 0.4) is 0 Å². The largest absolute Gasteiger partial charge is 0.416 e. The van der Waals surface area contributed by atoms with E-state index < -0.39 is 11.7 Å². The van der Waals surface area contributed by atoms with Crippen LogP contribution in [0.1, 0.15) is 5.56 Å². The van der Waals surface area contributed by atoms with Crippen LogP contribution in [0.5, 0.6) is 0 Å². The molecule has 0 unspecified atom stereocenters. The fourth-order valence-electron chi connectivity index (χ4n) is 1.14. The van der Waals surface area contributed by atoms with E-state index in [0.717, 1.165) is 12.1 Å². The zero-order chi connectivity index (χ0) is 10.2. The van der Waals surface area contributed by atoms with Crippen LogP contribution in [0.25, 0.3) is 0 Å². The highest BCUT2D eigenvalue weighted by Gasteiger charge is 2.31. The third-order valence-electron chi connectivity index (χ3n) is 1.80. The number of benzene rings is 1. The summed E-state index contributed by atoms with van der Waals surface area (Å²) in [6.45, 7) is 0. The monoisotopic (exact) mass is 201 g/mol. The van der Waals surface area contributed by atoms with Crippen molar-refractivity contribution in [3.05, 3.63) is 23.8 Å². The second kappa shape index (κ2) is 2.90. The molecular weight excluding hydrogens is 195 g/mol. The fraction of sp³-hybridized carbons (Fsp3) is 0.125. The van der Waals surface area contributed by atoms with E-state index in [9.17, 15) is 13.2 Å². The lowest BCUT2D eigenvalue weighted by molar-refractivity contribution is -0.137. The fourth-order valence-corrected chi connectivity index (χ4v) is 1.14. The molecule has 0 saturated carbocycles. The van der Waals surface area contributed by atoms with E-state index in [-0.39, 0.29) is 0 Å². The van der Waals surface area contributed by atoms with Gasteiger partial charge in [0.05, 0.1) is 16.9 Å². The minimum atomic E-state index is -4.32. The lowest BCUT2D eigenvalue weighted by Crippen LogP contribution is -2.22. The first-order valence-corrected chi connectivity index (χ1v) is 3.83. The number of fused-ring (bicyclic) bond motifs is 1. The smallest absolute Gasteiger partial charge is 0.298 e. The molecule has 1 heterocycles. The number of rotatable bonds is 0. The Morgan fingerprint density at radius 2 is 2.00 bits per heavy atom. The van der Waals surface area contributed by atoms with E-state index in [2.05, 4.69) is 15.8 Å². The van der Waals surface area contributed by atoms with Gasteiger partial charge in [-0.25, -0.2) is 4.99 Å². The maximum atomic E-state index is 12.3. The first-order chi connectivity index (χ1) is 6.57. The average molecular weight is 201 g/mol. The number of halogens is 3. The van der Waals surface area contributed by atoms with E-state index in [1.165, 1.54) is 12.4 Å². The predicted molar refractivity (Wildman–Crippen MR) is 46.4 cm³/mol. The van der Waals surface area contributed by atoms with Crippen molar-refractivity contribution in [2.45, 2.75) is 6.18 Å². The first-order valence-electron chi connectivity index (χ1n) is 3.83. The third-order valence-corrected chi connectivity index (χ3v) is 1.80. The molecule has 1 aliphatic rings. The van der Waals surface area contributed by atoms with Gasteiger partial charge in [-0.3, -0.25) is 10.9 Å². The van der Waals surface area contributed by atoms with Gasteiger partial charge in [-0.2, -0.15) is 13.2 Å². The molecule has 0 aliphatic carbocycles. The second-order valence-corrected chi connectivity index (χ2v) is 2.76. The lowest BCUT2D eigenvalue weighted by atomic mass is 10.1. The van der Waals surface area contributed by atoms with Crippen molar-refractivity contribution in [3.63, 3.8) is 0 Å². The second-order valence-electron chi connectivity index (χ2n) is 2.76. The van der Waals surface area contributed by atoms with E-state index in [1.54, 1.807) is 0 Å². The Labute approximate surface area is 77.6 Å². The van der Waals surface area contributed by atoms with Gasteiger partial charge in [0.25, 0.3) is 0 Å². The Morgan fingerprint density at radius 3 is 2.71 bits per heavy atom. The van der Waals surface area contributed by atoms with Gasteiger partial charge in [0.1, 0.15) is 6.34 Å². The first kappa shape index (κ1) is 8.86. The van der Waals surface area contributed by atoms with Crippen molar-refractivity contribution in [1.29, 1.82) is 0 Å². The SMILES string of the molecule is FC(F)(F)c1ccc2c(c1)NNC=N2. The molecule has 14 heavy (non-hydrogen) atoms. The number of aliphatic imine (C=N–C) groups is 1. The van der Waals surface area contributed by atoms with Crippen molar-refractivity contribution in [2.75, 3.05) is 5.43 Å². The molecule has 0 saturated heterocycles. The number of hydrazine groups is 1. The summed E-state index contributed by atoms with van der Waals surface area (Å²) in [6, 6.07) is 3.34. The molecule has 0 atom stereocenters. The van der Waals surface area contributed by atoms with Crippen LogP contribution < -0.4 is 10.9 Å². The normalized spacial score (nSPS) is 14.2. The molecule has 0 bridgehead atoms. The highest BCUT2D eigenvalue weighted by Crippen LogP contribution is 2.35. The van der Waals surface area contributed by atoms with Gasteiger partial charge >= 0.3 is 6.18 Å². The number of nitrogens with zero attached hydrogens (tertiary/aromatic N) is 1. The number of hydrogen-bond donors (Lipinski definition) is 2. The number of anilines is 1. The maximum absolute atomic E-state index is 12.3. The van der Waals surface area contributed by atoms with Crippen molar-refractivity contribution in [3.8, 4) is 0 Å². The average Bonchev–Trinajstić information content (AvgIpc) is 2.16. The van der Waals surface area contributed by atoms with Gasteiger partial charge in [-0.05, 0) is 18.2 Å². The molecular formula is C8H6F3N3. The molecule has 2 rings (SSSR count). The van der Waals surface area contributed by atoms with Gasteiger partial charge in [0, 0.05) is 0 Å². The standard InChI is InChI=1S/C8H6F3N3/c9-8(10,11)5-1-2-6-7(3-5)14-13-4-12-6/h1-4,14H,(H,12,13). The number of alkyl halides is 3. The van der Waals surface area contributed by atoms with Crippen LogP contribution in [0.2, 0.25) is 0 Å². The molecule has 0 amide bonds. The van der Waals surface area contributed by atoms with Gasteiger partial charge in [-0.15, -0.1) is 0 Å². The summed E-state index contributed by atoms with van der Waals surface area (Å²) >= 11 is 0. The minimum absolute atomic E-state index is 0.322. The molecule has 0 spiro atoms. The molecule has 6 heteroatoms. The minimum Gasteiger partial charge on any atom is -0.298 e. The lowest BCUT2D eigenvalue weighted by Gasteiger charge is -2.15. The van der Waals surface area contributed by atoms with Crippen LogP contribution in [-0.2, 0) is 6.18 Å². The van der Waals surface area contributed by atoms with Crippen molar-refractivity contribution >= 4 is 17.7 Å². The van der Waals surface area contributed by atoms with Crippen LogP contribution in [0.4, 0.5) is 24.5 Å². The zero-order valence-electron chi connectivity index (χ0n) is 6.89. The summed E-state index contributed by atoms with van der Waals surface area (Å²) < 4.78 is 36.8. The molecule has 1 aromatic carbocycles. The Hall–Kier alpha value is -1.72. The molecule has 3 nitrogen and oxygen atoms in total. The van der Waals surface area contributed by atoms with Gasteiger partial charge < -0.3 is 0 Å². The quantitative estimate of drug-likeness (QED) is 0.675. The maximum Gasteiger partial charge on any atom is 0.416 e.